The summed E-state index contributed by atoms with van der Waals surface area (Å²) in [6.07, 6.45) is 0.932. The zero-order valence-electron chi connectivity index (χ0n) is 8.79. The molecule has 0 amide bonds. The summed E-state index contributed by atoms with van der Waals surface area (Å²) in [6.45, 7) is 5.27. The molecule has 1 saturated heterocycles. The average molecular weight is 232 g/mol. The van der Waals surface area contributed by atoms with Gasteiger partial charge in [0.05, 0.1) is 12.1 Å². The molecular weight excluding hydrogens is 218 g/mol. The summed E-state index contributed by atoms with van der Waals surface area (Å²) in [4.78, 5) is 0. The number of nitrogens with zero attached hydrogens (tertiary/aromatic N) is 2. The van der Waals surface area contributed by atoms with Gasteiger partial charge in [0, 0.05) is 6.61 Å². The quantitative estimate of drug-likeness (QED) is 0.806. The highest BCUT2D eigenvalue weighted by molar-refractivity contribution is 6.20. The summed E-state index contributed by atoms with van der Waals surface area (Å²) in [7, 11) is 0. The van der Waals surface area contributed by atoms with Crippen molar-refractivity contribution >= 4 is 17.6 Å². The topological polar surface area (TPSA) is 60.2 Å². The van der Waals surface area contributed by atoms with Gasteiger partial charge in [0.15, 0.2) is 0 Å². The smallest absolute Gasteiger partial charge is 0.316 e. The third-order valence-electron chi connectivity index (χ3n) is 2.41. The number of alkyl halides is 1. The van der Waals surface area contributed by atoms with Crippen molar-refractivity contribution in [2.45, 2.75) is 31.2 Å². The molecule has 0 aliphatic carbocycles. The van der Waals surface area contributed by atoms with Crippen LogP contribution in [0.2, 0.25) is 0 Å². The molecule has 6 heteroatoms. The molecule has 1 aromatic rings. The highest BCUT2D eigenvalue weighted by atomic mass is 35.5. The van der Waals surface area contributed by atoms with Gasteiger partial charge in [-0.2, -0.15) is 0 Å². The van der Waals surface area contributed by atoms with Crippen LogP contribution in [0.4, 0.5) is 6.01 Å². The predicted molar refractivity (Wildman–Crippen MR) is 56.0 cm³/mol. The molecule has 5 nitrogen and oxygen atoms in total. The standard InChI is InChI=1S/C9H14ClN3O2/c1-6(10)7-12-13-8(15-7)11-9(2)3-4-14-5-9/h6H,3-5H2,1-2H3,(H,11,13). The van der Waals surface area contributed by atoms with Crippen LogP contribution in [-0.2, 0) is 4.74 Å². The first kappa shape index (κ1) is 10.7. The molecule has 2 heterocycles. The maximum Gasteiger partial charge on any atom is 0.316 e. The highest BCUT2D eigenvalue weighted by Gasteiger charge is 2.31. The molecule has 15 heavy (non-hydrogen) atoms. The third-order valence-corrected chi connectivity index (χ3v) is 2.60. The molecule has 1 fully saturated rings. The molecule has 1 aliphatic rings. The van der Waals surface area contributed by atoms with Gasteiger partial charge < -0.3 is 14.5 Å². The molecule has 1 aromatic heterocycles. The molecule has 0 saturated carbocycles. The van der Waals surface area contributed by atoms with Crippen LogP contribution < -0.4 is 5.32 Å². The van der Waals surface area contributed by atoms with E-state index in [2.05, 4.69) is 22.4 Å². The Kier molecular flexibility index (Phi) is 2.84. The summed E-state index contributed by atoms with van der Waals surface area (Å²) >= 11 is 5.82. The van der Waals surface area contributed by atoms with E-state index in [0.29, 0.717) is 18.5 Å². The molecule has 1 aliphatic heterocycles. The Balaban J connectivity index is 2.04. The van der Waals surface area contributed by atoms with Crippen molar-refractivity contribution in [2.24, 2.45) is 0 Å². The van der Waals surface area contributed by atoms with Crippen molar-refractivity contribution in [3.8, 4) is 0 Å². The summed E-state index contributed by atoms with van der Waals surface area (Å²) in [6, 6.07) is 0.408. The number of hydrogen-bond donors (Lipinski definition) is 1. The zero-order chi connectivity index (χ0) is 10.9. The monoisotopic (exact) mass is 231 g/mol. The number of hydrogen-bond acceptors (Lipinski definition) is 5. The van der Waals surface area contributed by atoms with Crippen LogP contribution in [0.15, 0.2) is 4.42 Å². The van der Waals surface area contributed by atoms with Gasteiger partial charge in [-0.15, -0.1) is 16.7 Å². The van der Waals surface area contributed by atoms with E-state index in [1.54, 1.807) is 6.92 Å². The van der Waals surface area contributed by atoms with Gasteiger partial charge in [-0.1, -0.05) is 5.10 Å². The normalized spacial score (nSPS) is 27.9. The van der Waals surface area contributed by atoms with E-state index >= 15 is 0 Å². The number of aromatic nitrogens is 2. The summed E-state index contributed by atoms with van der Waals surface area (Å²) in [5.74, 6) is 0.432. The Bertz CT molecular complexity index is 334. The van der Waals surface area contributed by atoms with Crippen LogP contribution in [-0.4, -0.2) is 29.0 Å². The predicted octanol–water partition coefficient (Wildman–Crippen LogP) is 1.96. The van der Waals surface area contributed by atoms with Gasteiger partial charge >= 0.3 is 6.01 Å². The van der Waals surface area contributed by atoms with Gasteiger partial charge in [0.25, 0.3) is 0 Å². The van der Waals surface area contributed by atoms with Crippen LogP contribution in [0.3, 0.4) is 0 Å². The minimum absolute atomic E-state index is 0.112. The second kappa shape index (κ2) is 3.98. The Labute approximate surface area is 93.1 Å². The molecular formula is C9H14ClN3O2. The number of ether oxygens (including phenoxy) is 1. The van der Waals surface area contributed by atoms with Gasteiger partial charge in [-0.05, 0) is 20.3 Å². The first-order chi connectivity index (χ1) is 7.09. The zero-order valence-corrected chi connectivity index (χ0v) is 9.54. The lowest BCUT2D eigenvalue weighted by atomic mass is 10.0. The lowest BCUT2D eigenvalue weighted by molar-refractivity contribution is 0.184. The first-order valence-electron chi connectivity index (χ1n) is 4.92. The van der Waals surface area contributed by atoms with Crippen molar-refractivity contribution < 1.29 is 9.15 Å². The number of nitrogens with one attached hydrogen (secondary N) is 1. The van der Waals surface area contributed by atoms with Crippen LogP contribution in [0.5, 0.6) is 0 Å². The Morgan fingerprint density at radius 3 is 2.87 bits per heavy atom. The Morgan fingerprint density at radius 1 is 1.53 bits per heavy atom. The minimum Gasteiger partial charge on any atom is -0.406 e. The van der Waals surface area contributed by atoms with Gasteiger partial charge in [-0.3, -0.25) is 0 Å². The molecule has 2 atom stereocenters. The molecule has 0 bridgehead atoms. The van der Waals surface area contributed by atoms with E-state index in [4.69, 9.17) is 20.8 Å². The lowest BCUT2D eigenvalue weighted by Crippen LogP contribution is -2.35. The molecule has 0 spiro atoms. The van der Waals surface area contributed by atoms with Gasteiger partial charge in [-0.25, -0.2) is 0 Å². The molecule has 1 N–H and O–H groups in total. The number of anilines is 1. The largest absolute Gasteiger partial charge is 0.406 e. The van der Waals surface area contributed by atoms with Gasteiger partial charge in [0.1, 0.15) is 5.38 Å². The second-order valence-corrected chi connectivity index (χ2v) is 4.70. The van der Waals surface area contributed by atoms with Crippen molar-refractivity contribution in [2.75, 3.05) is 18.5 Å². The van der Waals surface area contributed by atoms with Gasteiger partial charge in [0.2, 0.25) is 5.89 Å². The molecule has 0 radical (unpaired) electrons. The third kappa shape index (κ3) is 2.41. The van der Waals surface area contributed by atoms with E-state index < -0.39 is 0 Å². The molecule has 2 rings (SSSR count). The van der Waals surface area contributed by atoms with E-state index in [1.165, 1.54) is 0 Å². The lowest BCUT2D eigenvalue weighted by Gasteiger charge is -2.21. The fourth-order valence-electron chi connectivity index (χ4n) is 1.47. The minimum atomic E-state index is -0.263. The summed E-state index contributed by atoms with van der Waals surface area (Å²) < 4.78 is 10.7. The van der Waals surface area contributed by atoms with Crippen LogP contribution in [0, 0.1) is 0 Å². The van der Waals surface area contributed by atoms with Crippen molar-refractivity contribution in [3.63, 3.8) is 0 Å². The van der Waals surface area contributed by atoms with Crippen molar-refractivity contribution in [3.05, 3.63) is 5.89 Å². The molecule has 0 aromatic carbocycles. The van der Waals surface area contributed by atoms with E-state index in [1.807, 2.05) is 0 Å². The Morgan fingerprint density at radius 2 is 2.33 bits per heavy atom. The van der Waals surface area contributed by atoms with Crippen LogP contribution in [0.1, 0.15) is 31.5 Å². The average Bonchev–Trinajstić information content (AvgIpc) is 2.75. The van der Waals surface area contributed by atoms with Crippen molar-refractivity contribution in [1.29, 1.82) is 0 Å². The molecule has 84 valence electrons. The number of halogens is 1. The fraction of sp³-hybridized carbons (Fsp3) is 0.778. The van der Waals surface area contributed by atoms with E-state index in [9.17, 15) is 0 Å². The number of rotatable bonds is 3. The van der Waals surface area contributed by atoms with Crippen LogP contribution in [0.25, 0.3) is 0 Å². The van der Waals surface area contributed by atoms with Crippen LogP contribution >= 0.6 is 11.6 Å². The Hall–Kier alpha value is -0.810. The SMILES string of the molecule is CC(Cl)c1nnc(NC2(C)CCOC2)o1. The van der Waals surface area contributed by atoms with E-state index in [0.717, 1.165) is 13.0 Å². The summed E-state index contributed by atoms with van der Waals surface area (Å²) in [5, 5.41) is 10.6. The maximum absolute atomic E-state index is 5.82. The van der Waals surface area contributed by atoms with E-state index in [-0.39, 0.29) is 10.9 Å². The second-order valence-electron chi connectivity index (χ2n) is 4.05. The fourth-order valence-corrected chi connectivity index (χ4v) is 1.56. The van der Waals surface area contributed by atoms with Crippen molar-refractivity contribution in [1.82, 2.24) is 10.2 Å². The molecule has 2 unspecified atom stereocenters. The highest BCUT2D eigenvalue weighted by Crippen LogP contribution is 2.25. The first-order valence-corrected chi connectivity index (χ1v) is 5.36. The summed E-state index contributed by atoms with van der Waals surface area (Å²) in [5.41, 5.74) is -0.112. The maximum atomic E-state index is 5.82.